The minimum Gasteiger partial charge on any atom is -0.497 e. The molecule has 2 amide bonds. The molecule has 5 nitrogen and oxygen atoms in total. The van der Waals surface area contributed by atoms with Gasteiger partial charge in [0.15, 0.2) is 0 Å². The van der Waals surface area contributed by atoms with Crippen molar-refractivity contribution in [2.75, 3.05) is 25.5 Å². The van der Waals surface area contributed by atoms with Crippen LogP contribution in [-0.4, -0.2) is 37.4 Å². The number of amides is 2. The van der Waals surface area contributed by atoms with Crippen LogP contribution in [0.3, 0.4) is 0 Å². The van der Waals surface area contributed by atoms with Crippen LogP contribution in [0.15, 0.2) is 66.7 Å². The Labute approximate surface area is 189 Å². The van der Waals surface area contributed by atoms with Gasteiger partial charge in [0.05, 0.1) is 7.11 Å². The summed E-state index contributed by atoms with van der Waals surface area (Å²) in [6.45, 7) is 3.36. The van der Waals surface area contributed by atoms with Crippen LogP contribution in [0.25, 0.3) is 11.1 Å². The molecule has 3 aromatic carbocycles. The number of benzene rings is 3. The van der Waals surface area contributed by atoms with Crippen LogP contribution in [0, 0.1) is 6.92 Å². The number of aryl methyl sites for hydroxylation is 1. The third-order valence-corrected chi connectivity index (χ3v) is 6.27. The van der Waals surface area contributed by atoms with Crippen LogP contribution in [0.1, 0.15) is 40.2 Å². The van der Waals surface area contributed by atoms with Crippen molar-refractivity contribution in [1.82, 2.24) is 4.90 Å². The Morgan fingerprint density at radius 1 is 1.00 bits per heavy atom. The molecule has 1 aliphatic rings. The zero-order chi connectivity index (χ0) is 22.5. The number of hydrogen-bond donors (Lipinski definition) is 1. The molecule has 0 unspecified atom stereocenters. The first kappa shape index (κ1) is 21.6. The maximum atomic E-state index is 13.0. The van der Waals surface area contributed by atoms with Crippen LogP contribution in [-0.2, 0) is 4.79 Å². The molecule has 1 saturated heterocycles. The molecule has 0 radical (unpaired) electrons. The summed E-state index contributed by atoms with van der Waals surface area (Å²) in [5.41, 5.74) is 5.84. The Morgan fingerprint density at radius 2 is 1.75 bits per heavy atom. The molecule has 1 N–H and O–H groups in total. The normalized spacial score (nSPS) is 14.1. The topological polar surface area (TPSA) is 58.6 Å². The van der Waals surface area contributed by atoms with Gasteiger partial charge in [0, 0.05) is 24.3 Å². The van der Waals surface area contributed by atoms with E-state index in [0.29, 0.717) is 23.6 Å². The van der Waals surface area contributed by atoms with E-state index in [1.165, 1.54) is 11.1 Å². The minimum absolute atomic E-state index is 0.0192. The minimum atomic E-state index is 0.0192. The van der Waals surface area contributed by atoms with E-state index in [2.05, 4.69) is 35.6 Å². The highest BCUT2D eigenvalue weighted by Crippen LogP contribution is 2.31. The Kier molecular flexibility index (Phi) is 6.55. The molecule has 164 valence electrons. The zero-order valence-electron chi connectivity index (χ0n) is 18.5. The zero-order valence-corrected chi connectivity index (χ0v) is 18.5. The summed E-state index contributed by atoms with van der Waals surface area (Å²) in [5.74, 6) is 1.32. The van der Waals surface area contributed by atoms with E-state index in [1.54, 1.807) is 13.2 Å². The van der Waals surface area contributed by atoms with Crippen LogP contribution in [0.2, 0.25) is 0 Å². The van der Waals surface area contributed by atoms with Gasteiger partial charge in [-0.25, -0.2) is 0 Å². The number of carbonyl (C=O) groups is 2. The lowest BCUT2D eigenvalue weighted by Gasteiger charge is -2.32. The number of likely N-dealkylation sites (tertiary alicyclic amines) is 1. The van der Waals surface area contributed by atoms with E-state index in [4.69, 9.17) is 4.74 Å². The largest absolute Gasteiger partial charge is 0.497 e. The number of hydrogen-bond acceptors (Lipinski definition) is 3. The van der Waals surface area contributed by atoms with E-state index < -0.39 is 0 Å². The first-order chi connectivity index (χ1) is 15.6. The molecule has 1 fully saturated rings. The van der Waals surface area contributed by atoms with Gasteiger partial charge < -0.3 is 15.0 Å². The summed E-state index contributed by atoms with van der Waals surface area (Å²) >= 11 is 0. The number of ether oxygens (including phenoxy) is 1. The van der Waals surface area contributed by atoms with Crippen molar-refractivity contribution in [2.24, 2.45) is 0 Å². The fraction of sp³-hybridized carbons (Fsp3) is 0.259. The van der Waals surface area contributed by atoms with Gasteiger partial charge in [-0.15, -0.1) is 0 Å². The molecule has 4 rings (SSSR count). The predicted octanol–water partition coefficient (Wildman–Crippen LogP) is 5.26. The summed E-state index contributed by atoms with van der Waals surface area (Å²) in [6.07, 6.45) is 2.52. The molecular formula is C27H28N2O3. The molecule has 5 heteroatoms. The number of piperidine rings is 1. The lowest BCUT2D eigenvalue weighted by atomic mass is 9.88. The van der Waals surface area contributed by atoms with Crippen molar-refractivity contribution in [3.63, 3.8) is 0 Å². The lowest BCUT2D eigenvalue weighted by molar-refractivity contribution is -0.105. The van der Waals surface area contributed by atoms with E-state index in [-0.39, 0.29) is 5.91 Å². The Hall–Kier alpha value is -3.60. The third kappa shape index (κ3) is 4.67. The summed E-state index contributed by atoms with van der Waals surface area (Å²) in [6, 6.07) is 22.3. The van der Waals surface area contributed by atoms with Crippen LogP contribution in [0.4, 0.5) is 5.69 Å². The molecule has 32 heavy (non-hydrogen) atoms. The van der Waals surface area contributed by atoms with Crippen LogP contribution >= 0.6 is 0 Å². The Bertz CT molecular complexity index is 1100. The van der Waals surface area contributed by atoms with E-state index in [0.717, 1.165) is 42.8 Å². The standard InChI is InChI=1S/C27H28N2O3/c1-19-6-7-24(17-26(19)28-18-30)27(31)29-14-12-22(13-15-29)20-8-10-21(11-9-20)23-4-3-5-25(16-23)32-2/h3-11,16-18,22H,12-15H2,1-2H3,(H,28,30). The highest BCUT2D eigenvalue weighted by Gasteiger charge is 2.25. The van der Waals surface area contributed by atoms with Gasteiger partial charge in [0.2, 0.25) is 6.41 Å². The Balaban J connectivity index is 1.40. The van der Waals surface area contributed by atoms with Crippen molar-refractivity contribution >= 4 is 18.0 Å². The van der Waals surface area contributed by atoms with Gasteiger partial charge >= 0.3 is 0 Å². The predicted molar refractivity (Wildman–Crippen MR) is 127 cm³/mol. The molecule has 0 bridgehead atoms. The molecule has 1 aliphatic heterocycles. The molecule has 3 aromatic rings. The van der Waals surface area contributed by atoms with Gasteiger partial charge in [0.25, 0.3) is 5.91 Å². The monoisotopic (exact) mass is 428 g/mol. The number of rotatable bonds is 6. The average Bonchev–Trinajstić information content (AvgIpc) is 2.85. The SMILES string of the molecule is COc1cccc(-c2ccc(C3CCN(C(=O)c4ccc(C)c(NC=O)c4)CC3)cc2)c1. The molecule has 1 heterocycles. The highest BCUT2D eigenvalue weighted by atomic mass is 16.5. The van der Waals surface area contributed by atoms with Gasteiger partial charge in [-0.3, -0.25) is 9.59 Å². The van der Waals surface area contributed by atoms with E-state index in [9.17, 15) is 9.59 Å². The number of methoxy groups -OCH3 is 1. The maximum absolute atomic E-state index is 13.0. The van der Waals surface area contributed by atoms with Crippen molar-refractivity contribution in [3.05, 3.63) is 83.4 Å². The van der Waals surface area contributed by atoms with Gasteiger partial charge in [0.1, 0.15) is 5.75 Å². The number of anilines is 1. The molecule has 0 atom stereocenters. The molecule has 0 aliphatic carbocycles. The van der Waals surface area contributed by atoms with Crippen LogP contribution < -0.4 is 10.1 Å². The van der Waals surface area contributed by atoms with Gasteiger partial charge in [-0.05, 0) is 72.2 Å². The van der Waals surface area contributed by atoms with Crippen molar-refractivity contribution in [3.8, 4) is 16.9 Å². The van der Waals surface area contributed by atoms with E-state index >= 15 is 0 Å². The Morgan fingerprint density at radius 3 is 2.44 bits per heavy atom. The quantitative estimate of drug-likeness (QED) is 0.545. The second-order valence-electron chi connectivity index (χ2n) is 8.21. The number of nitrogens with one attached hydrogen (secondary N) is 1. The van der Waals surface area contributed by atoms with Gasteiger partial charge in [-0.1, -0.05) is 42.5 Å². The smallest absolute Gasteiger partial charge is 0.253 e. The highest BCUT2D eigenvalue weighted by molar-refractivity contribution is 5.96. The van der Waals surface area contributed by atoms with Crippen molar-refractivity contribution < 1.29 is 14.3 Å². The van der Waals surface area contributed by atoms with Crippen molar-refractivity contribution in [1.29, 1.82) is 0 Å². The summed E-state index contributed by atoms with van der Waals surface area (Å²) in [5, 5.41) is 2.67. The number of carbonyl (C=O) groups excluding carboxylic acids is 2. The maximum Gasteiger partial charge on any atom is 0.253 e. The summed E-state index contributed by atoms with van der Waals surface area (Å²) in [4.78, 5) is 25.7. The average molecular weight is 429 g/mol. The second kappa shape index (κ2) is 9.69. The summed E-state index contributed by atoms with van der Waals surface area (Å²) in [7, 11) is 1.68. The first-order valence-corrected chi connectivity index (χ1v) is 10.9. The lowest BCUT2D eigenvalue weighted by Crippen LogP contribution is -2.37. The molecule has 0 aromatic heterocycles. The molecule has 0 spiro atoms. The van der Waals surface area contributed by atoms with Gasteiger partial charge in [-0.2, -0.15) is 0 Å². The fourth-order valence-corrected chi connectivity index (χ4v) is 4.32. The molecular weight excluding hydrogens is 400 g/mol. The van der Waals surface area contributed by atoms with E-state index in [1.807, 2.05) is 42.2 Å². The first-order valence-electron chi connectivity index (χ1n) is 10.9. The van der Waals surface area contributed by atoms with Crippen molar-refractivity contribution in [2.45, 2.75) is 25.7 Å². The number of nitrogens with zero attached hydrogens (tertiary/aromatic N) is 1. The fourth-order valence-electron chi connectivity index (χ4n) is 4.32. The third-order valence-electron chi connectivity index (χ3n) is 6.27. The summed E-state index contributed by atoms with van der Waals surface area (Å²) < 4.78 is 5.33. The molecule has 0 saturated carbocycles. The second-order valence-corrected chi connectivity index (χ2v) is 8.21. The van der Waals surface area contributed by atoms with Crippen LogP contribution in [0.5, 0.6) is 5.75 Å².